The van der Waals surface area contributed by atoms with E-state index in [1.165, 1.54) is 43.1 Å². The minimum atomic E-state index is 0.420. The number of nitriles is 1. The zero-order chi connectivity index (χ0) is 68.3. The van der Waals surface area contributed by atoms with E-state index in [-0.39, 0.29) is 0 Å². The van der Waals surface area contributed by atoms with Gasteiger partial charge in [-0.2, -0.15) is 5.26 Å². The fourth-order valence-corrected chi connectivity index (χ4v) is 17.0. The van der Waals surface area contributed by atoms with E-state index in [2.05, 4.69) is 306 Å². The molecule has 22 rings (SSSR count). The molecule has 0 aliphatic carbocycles. The molecule has 0 saturated carbocycles. The van der Waals surface area contributed by atoms with Crippen LogP contribution in [0.3, 0.4) is 0 Å². The molecule has 482 valence electrons. The maximum Gasteiger partial charge on any atom is 0.166 e. The summed E-state index contributed by atoms with van der Waals surface area (Å²) in [6.45, 7) is 0. The molecule has 0 amide bonds. The van der Waals surface area contributed by atoms with Crippen molar-refractivity contribution in [3.63, 3.8) is 0 Å². The Hall–Kier alpha value is -14.4. The van der Waals surface area contributed by atoms with Gasteiger partial charge in [0, 0.05) is 104 Å². The van der Waals surface area contributed by atoms with Gasteiger partial charge in [-0.3, -0.25) is 0 Å². The molecule has 7 heterocycles. The van der Waals surface area contributed by atoms with Crippen LogP contribution in [0.1, 0.15) is 5.56 Å². The molecular formula is C94H56N10. The normalized spacial score (nSPS) is 12.0. The molecule has 22 aromatic rings. The van der Waals surface area contributed by atoms with Gasteiger partial charge in [0.1, 0.15) is 6.07 Å². The van der Waals surface area contributed by atoms with Crippen molar-refractivity contribution >= 4 is 131 Å². The van der Waals surface area contributed by atoms with Crippen LogP contribution in [0, 0.1) is 11.3 Å². The van der Waals surface area contributed by atoms with Gasteiger partial charge in [-0.15, -0.1) is 0 Å². The zero-order valence-corrected chi connectivity index (χ0v) is 55.8. The molecule has 0 aliphatic heterocycles. The van der Waals surface area contributed by atoms with Crippen molar-refractivity contribution in [3.8, 4) is 74.4 Å². The molecule has 0 bridgehead atoms. The van der Waals surface area contributed by atoms with Crippen LogP contribution in [-0.4, -0.2) is 42.4 Å². The maximum absolute atomic E-state index is 12.2. The Kier molecular flexibility index (Phi) is 12.3. The molecule has 0 aliphatic rings. The first-order chi connectivity index (χ1) is 51.6. The van der Waals surface area contributed by atoms with E-state index in [0.29, 0.717) is 34.3 Å². The second-order valence-corrected chi connectivity index (χ2v) is 27.0. The van der Waals surface area contributed by atoms with Crippen molar-refractivity contribution in [2.45, 2.75) is 0 Å². The Morgan fingerprint density at radius 3 is 0.721 bits per heavy atom. The Morgan fingerprint density at radius 2 is 0.442 bits per heavy atom. The lowest BCUT2D eigenvalue weighted by atomic mass is 10.0. The SMILES string of the molecule is N#Cc1cc(-c2nc(-c3ccccc3)nc(-c3ccccc3)n2)c(-n2c3ccc(-n4c5ccccc5c5ccccc54)cc3c3cc(-n4c5ccccc5c5ccccc54)ccc32)cc1-n1c2ccc(-n3c4ccccc4c4ccccc43)cc2c2cc(-n3c4ccccc4c4ccccc43)ccc21. The van der Waals surface area contributed by atoms with Crippen LogP contribution in [0.2, 0.25) is 0 Å². The summed E-state index contributed by atoms with van der Waals surface area (Å²) in [5.41, 5.74) is 21.1. The topological polar surface area (TPSA) is 92.0 Å². The Bertz CT molecular complexity index is 6820. The standard InChI is InChI=1S/C94H56N10/c95-57-60-51-77(94-97-92(58-23-3-1-4-24-58)96-93(98-94)59-25-5-2-6-26-59)91(104-88-49-45-63(101-82-39-19-11-31-69(82)70-32-12-20-40-83(70)101)54-75(88)76-55-64(46-50-89(76)104)102-84-41-21-13-33-71(84)72-34-14-22-42-85(72)102)56-90(60)103-86-47-43-61(99-78-35-15-7-27-65(78)66-28-8-16-36-79(66)99)52-73(86)74-53-62(44-48-87(74)103)100-80-37-17-9-29-67(80)68-30-10-18-38-81(68)100/h1-56H. The quantitative estimate of drug-likeness (QED) is 0.144. The smallest absolute Gasteiger partial charge is 0.166 e. The number of rotatable bonds is 9. The van der Waals surface area contributed by atoms with E-state index >= 15 is 0 Å². The summed E-state index contributed by atoms with van der Waals surface area (Å²) in [5, 5.41) is 25.8. The van der Waals surface area contributed by atoms with Gasteiger partial charge in [0.2, 0.25) is 0 Å². The van der Waals surface area contributed by atoms with E-state index < -0.39 is 0 Å². The molecule has 0 spiro atoms. The first kappa shape index (κ1) is 57.5. The number of nitrogens with zero attached hydrogens (tertiary/aromatic N) is 10. The lowest BCUT2D eigenvalue weighted by Gasteiger charge is -2.19. The molecule has 7 aromatic heterocycles. The first-order valence-electron chi connectivity index (χ1n) is 35.1. The predicted octanol–water partition coefficient (Wildman–Crippen LogP) is 23.3. The zero-order valence-electron chi connectivity index (χ0n) is 55.8. The van der Waals surface area contributed by atoms with Crippen LogP contribution in [0.4, 0.5) is 0 Å². The van der Waals surface area contributed by atoms with Crippen molar-refractivity contribution in [2.24, 2.45) is 0 Å². The van der Waals surface area contributed by atoms with Crippen molar-refractivity contribution in [1.29, 1.82) is 5.26 Å². The third-order valence-corrected chi connectivity index (χ3v) is 21.5. The molecule has 104 heavy (non-hydrogen) atoms. The highest BCUT2D eigenvalue weighted by Gasteiger charge is 2.28. The van der Waals surface area contributed by atoms with Gasteiger partial charge in [-0.25, -0.2) is 15.0 Å². The van der Waals surface area contributed by atoms with Crippen LogP contribution in [-0.2, 0) is 0 Å². The highest BCUT2D eigenvalue weighted by molar-refractivity contribution is 6.17. The molecule has 0 fully saturated rings. The number of hydrogen-bond acceptors (Lipinski definition) is 4. The second kappa shape index (κ2) is 22.3. The number of para-hydroxylation sites is 8. The molecule has 10 nitrogen and oxygen atoms in total. The van der Waals surface area contributed by atoms with Crippen molar-refractivity contribution in [3.05, 3.63) is 345 Å². The third kappa shape index (κ3) is 8.40. The van der Waals surface area contributed by atoms with Gasteiger partial charge in [0.05, 0.1) is 83.1 Å². The highest BCUT2D eigenvalue weighted by Crippen LogP contribution is 2.46. The average molecular weight is 1330 g/mol. The van der Waals surface area contributed by atoms with Crippen molar-refractivity contribution in [1.82, 2.24) is 42.4 Å². The summed E-state index contributed by atoms with van der Waals surface area (Å²) in [4.78, 5) is 16.2. The summed E-state index contributed by atoms with van der Waals surface area (Å²) in [5.74, 6) is 1.44. The van der Waals surface area contributed by atoms with Crippen LogP contribution in [0.15, 0.2) is 340 Å². The molecule has 0 N–H and O–H groups in total. The first-order valence-corrected chi connectivity index (χ1v) is 35.1. The lowest BCUT2D eigenvalue weighted by molar-refractivity contribution is 1.06. The van der Waals surface area contributed by atoms with E-state index in [0.717, 1.165) is 127 Å². The molecule has 15 aromatic carbocycles. The van der Waals surface area contributed by atoms with Crippen LogP contribution in [0.25, 0.3) is 199 Å². The number of benzene rings is 15. The predicted molar refractivity (Wildman–Crippen MR) is 427 cm³/mol. The van der Waals surface area contributed by atoms with Gasteiger partial charge in [0.15, 0.2) is 17.5 Å². The van der Waals surface area contributed by atoms with Gasteiger partial charge in [0.25, 0.3) is 0 Å². The Balaban J connectivity index is 0.866. The van der Waals surface area contributed by atoms with E-state index in [4.69, 9.17) is 15.0 Å². The fourth-order valence-electron chi connectivity index (χ4n) is 17.0. The summed E-state index contributed by atoms with van der Waals surface area (Å²) in [6, 6.07) is 124. The number of aromatic nitrogens is 9. The highest BCUT2D eigenvalue weighted by atomic mass is 15.1. The summed E-state index contributed by atoms with van der Waals surface area (Å²) in [7, 11) is 0. The fraction of sp³-hybridized carbons (Fsp3) is 0. The largest absolute Gasteiger partial charge is 0.309 e. The van der Waals surface area contributed by atoms with Gasteiger partial charge >= 0.3 is 0 Å². The minimum Gasteiger partial charge on any atom is -0.309 e. The summed E-state index contributed by atoms with van der Waals surface area (Å²) in [6.07, 6.45) is 0. The number of fused-ring (bicyclic) bond motifs is 18. The third-order valence-electron chi connectivity index (χ3n) is 21.5. The molecular weight excluding hydrogens is 1270 g/mol. The van der Waals surface area contributed by atoms with Crippen LogP contribution in [0.5, 0.6) is 0 Å². The second-order valence-electron chi connectivity index (χ2n) is 27.0. The number of hydrogen-bond donors (Lipinski definition) is 0. The summed E-state index contributed by atoms with van der Waals surface area (Å²) >= 11 is 0. The molecule has 0 saturated heterocycles. The Morgan fingerprint density at radius 1 is 0.202 bits per heavy atom. The van der Waals surface area contributed by atoms with Crippen molar-refractivity contribution in [2.75, 3.05) is 0 Å². The van der Waals surface area contributed by atoms with Gasteiger partial charge < -0.3 is 27.4 Å². The Labute approximate surface area is 594 Å². The van der Waals surface area contributed by atoms with Gasteiger partial charge in [-0.05, 0) is 133 Å². The average Bonchev–Trinajstić information content (AvgIpc) is 1.77. The molecule has 10 heteroatoms. The summed E-state index contributed by atoms with van der Waals surface area (Å²) < 4.78 is 14.3. The molecule has 0 radical (unpaired) electrons. The van der Waals surface area contributed by atoms with Crippen LogP contribution < -0.4 is 0 Å². The van der Waals surface area contributed by atoms with Gasteiger partial charge in [-0.1, -0.05) is 206 Å². The van der Waals surface area contributed by atoms with E-state index in [9.17, 15) is 5.26 Å². The monoisotopic (exact) mass is 1320 g/mol. The minimum absolute atomic E-state index is 0.420. The van der Waals surface area contributed by atoms with Crippen LogP contribution >= 0.6 is 0 Å². The molecule has 0 atom stereocenters. The van der Waals surface area contributed by atoms with Crippen molar-refractivity contribution < 1.29 is 0 Å². The maximum atomic E-state index is 12.2. The van der Waals surface area contributed by atoms with E-state index in [1.807, 2.05) is 66.7 Å². The molecule has 0 unspecified atom stereocenters. The lowest BCUT2D eigenvalue weighted by Crippen LogP contribution is -2.07. The van der Waals surface area contributed by atoms with E-state index in [1.54, 1.807) is 0 Å².